The van der Waals surface area contributed by atoms with Crippen molar-refractivity contribution in [3.63, 3.8) is 0 Å². The molecule has 2 aliphatic heterocycles. The minimum absolute atomic E-state index is 0.159. The Kier molecular flexibility index (Phi) is 3.08. The van der Waals surface area contributed by atoms with Gasteiger partial charge in [-0.3, -0.25) is 9.78 Å². The molecule has 1 unspecified atom stereocenters. The Morgan fingerprint density at radius 3 is 3.18 bits per heavy atom. The fourth-order valence-corrected chi connectivity index (χ4v) is 3.84. The average Bonchev–Trinajstić information content (AvgIpc) is 3.39. The van der Waals surface area contributed by atoms with Gasteiger partial charge >= 0.3 is 0 Å². The van der Waals surface area contributed by atoms with Crippen molar-refractivity contribution in [2.45, 2.75) is 44.6 Å². The quantitative estimate of drug-likeness (QED) is 0.645. The lowest BCUT2D eigenvalue weighted by Crippen LogP contribution is -2.33. The van der Waals surface area contributed by atoms with Gasteiger partial charge in [-0.2, -0.15) is 5.10 Å². The minimum atomic E-state index is -2.62. The van der Waals surface area contributed by atoms with Crippen molar-refractivity contribution in [3.05, 3.63) is 53.4 Å². The van der Waals surface area contributed by atoms with Gasteiger partial charge < -0.3 is 10.2 Å². The smallest absolute Gasteiger partial charge is 0.256 e. The Morgan fingerprint density at radius 2 is 2.29 bits per heavy atom. The number of fused-ring (bicyclic) bond motifs is 5. The van der Waals surface area contributed by atoms with Gasteiger partial charge in [-0.25, -0.2) is 13.9 Å². The van der Waals surface area contributed by atoms with Crippen LogP contribution >= 0.6 is 0 Å². The van der Waals surface area contributed by atoms with Crippen LogP contribution in [-0.2, 0) is 6.37 Å². The van der Waals surface area contributed by atoms with E-state index in [4.69, 9.17) is 5.48 Å². The molecule has 1 N–H and O–H groups in total. The molecule has 0 aliphatic carbocycles. The van der Waals surface area contributed by atoms with Gasteiger partial charge in [-0.1, -0.05) is 0 Å². The zero-order valence-electron chi connectivity index (χ0n) is 19.2. The predicted molar refractivity (Wildman–Crippen MR) is 102 cm³/mol. The van der Waals surface area contributed by atoms with Gasteiger partial charge in [0, 0.05) is 30.0 Å². The van der Waals surface area contributed by atoms with Crippen molar-refractivity contribution in [1.29, 1.82) is 0 Å². The number of halogens is 1. The lowest BCUT2D eigenvalue weighted by atomic mass is 9.98. The van der Waals surface area contributed by atoms with Crippen molar-refractivity contribution in [3.8, 4) is 0 Å². The summed E-state index contributed by atoms with van der Waals surface area (Å²) in [6, 6.07) is 1.29. The second-order valence-electron chi connectivity index (χ2n) is 7.02. The maximum Gasteiger partial charge on any atom is 0.256 e. The Bertz CT molecular complexity index is 1230. The average molecular weight is 384 g/mol. The van der Waals surface area contributed by atoms with Crippen molar-refractivity contribution < 1.29 is 14.7 Å². The van der Waals surface area contributed by atoms with Crippen LogP contribution in [0, 0.1) is 5.82 Å². The second-order valence-corrected chi connectivity index (χ2v) is 7.02. The number of carbonyl (C=O) groups excluding carboxylic acids is 1. The molecule has 0 radical (unpaired) electrons. The molecule has 5 heterocycles. The van der Waals surface area contributed by atoms with Gasteiger partial charge in [0.15, 0.2) is 5.65 Å². The first-order chi connectivity index (χ1) is 15.1. The van der Waals surface area contributed by atoms with E-state index in [9.17, 15) is 9.18 Å². The fourth-order valence-electron chi connectivity index (χ4n) is 3.84. The molecule has 1 saturated heterocycles. The molecule has 2 bridgehead atoms. The van der Waals surface area contributed by atoms with Crippen LogP contribution in [0.5, 0.6) is 0 Å². The van der Waals surface area contributed by atoms with E-state index in [1.165, 1.54) is 23.7 Å². The summed E-state index contributed by atoms with van der Waals surface area (Å²) >= 11 is 0. The van der Waals surface area contributed by atoms with Gasteiger partial charge in [-0.05, 0) is 50.2 Å². The van der Waals surface area contributed by atoms with Gasteiger partial charge in [0.05, 0.1) is 18.4 Å². The molecule has 0 aromatic carbocycles. The highest BCUT2D eigenvalue weighted by molar-refractivity contribution is 5.99. The molecule has 1 fully saturated rings. The Morgan fingerprint density at radius 1 is 1.39 bits per heavy atom. The van der Waals surface area contributed by atoms with Crippen LogP contribution in [0.25, 0.3) is 5.65 Å². The second kappa shape index (κ2) is 6.54. The molecule has 3 aromatic heterocycles. The number of anilines is 1. The van der Waals surface area contributed by atoms with E-state index in [0.717, 1.165) is 12.6 Å². The predicted octanol–water partition coefficient (Wildman–Crippen LogP) is 2.67. The van der Waals surface area contributed by atoms with Crippen LogP contribution in [0.4, 0.5) is 10.2 Å². The first-order valence-electron chi connectivity index (χ1n) is 11.2. The molecule has 5 rings (SSSR count). The molecule has 1 amide bonds. The van der Waals surface area contributed by atoms with E-state index in [2.05, 4.69) is 20.4 Å². The van der Waals surface area contributed by atoms with E-state index < -0.39 is 36.6 Å². The molecule has 7 nitrogen and oxygen atoms in total. The third-order valence-corrected chi connectivity index (χ3v) is 5.14. The highest BCUT2D eigenvalue weighted by Crippen LogP contribution is 2.37. The van der Waals surface area contributed by atoms with Crippen LogP contribution in [0.3, 0.4) is 0 Å². The number of amides is 1. The third kappa shape index (κ3) is 2.80. The van der Waals surface area contributed by atoms with E-state index in [0.29, 0.717) is 24.4 Å². The van der Waals surface area contributed by atoms with Gasteiger partial charge in [-0.15, -0.1) is 0 Å². The normalized spacial score (nSPS) is 27.9. The summed E-state index contributed by atoms with van der Waals surface area (Å²) in [4.78, 5) is 23.5. The Hall–Kier alpha value is -3.03. The van der Waals surface area contributed by atoms with Crippen LogP contribution in [-0.4, -0.2) is 38.1 Å². The summed E-state index contributed by atoms with van der Waals surface area (Å²) in [7, 11) is 0. The molecule has 144 valence electrons. The topological polar surface area (TPSA) is 75.4 Å². The van der Waals surface area contributed by atoms with E-state index in [1.54, 1.807) is 12.3 Å². The number of hydrogen-bond acceptors (Lipinski definition) is 5. The number of nitrogens with one attached hydrogen (secondary N) is 1. The number of carbonyl (C=O) groups is 1. The molecular formula is C20H21FN6O. The van der Waals surface area contributed by atoms with Crippen molar-refractivity contribution in [1.82, 2.24) is 24.9 Å². The van der Waals surface area contributed by atoms with Crippen LogP contribution in [0.15, 0.2) is 30.7 Å². The van der Waals surface area contributed by atoms with E-state index in [1.807, 2.05) is 4.90 Å². The minimum Gasteiger partial charge on any atom is -0.349 e. The van der Waals surface area contributed by atoms with E-state index >= 15 is 0 Å². The van der Waals surface area contributed by atoms with Crippen LogP contribution in [0.1, 0.15) is 59.3 Å². The number of nitrogens with zero attached hydrogens (tertiary/aromatic N) is 5. The van der Waals surface area contributed by atoms with Crippen LogP contribution in [0.2, 0.25) is 0 Å². The largest absolute Gasteiger partial charge is 0.349 e. The zero-order chi connectivity index (χ0) is 22.8. The summed E-state index contributed by atoms with van der Waals surface area (Å²) < 4.78 is 50.4. The fraction of sp³-hybridized carbons (Fsp3) is 0.400. The highest BCUT2D eigenvalue weighted by atomic mass is 19.1. The standard InChI is InChI=1S/C20H21FN6O/c1-12-4-5-16-14(9-13(21)10-22-16)17-3-2-7-26(17)18-6-8-27-19(25-18)15(11-23-27)20(28)24-12/h6,8-12,17H,2-5,7H2,1H3,(H,24,28)/t12-,17?/m1/s1/i4D2,5D2. The van der Waals surface area contributed by atoms with Gasteiger partial charge in [0.25, 0.3) is 5.91 Å². The van der Waals surface area contributed by atoms with Gasteiger partial charge in [0.1, 0.15) is 17.2 Å². The molecular weight excluding hydrogens is 359 g/mol. The third-order valence-electron chi connectivity index (χ3n) is 5.14. The molecule has 0 saturated carbocycles. The molecule has 2 aliphatic rings. The summed E-state index contributed by atoms with van der Waals surface area (Å²) in [5.41, 5.74) is 0.569. The molecule has 8 heteroatoms. The molecule has 3 aromatic rings. The summed E-state index contributed by atoms with van der Waals surface area (Å²) in [6.45, 7) is 1.98. The number of hydrogen-bond donors (Lipinski definition) is 1. The number of rotatable bonds is 0. The highest BCUT2D eigenvalue weighted by Gasteiger charge is 2.31. The van der Waals surface area contributed by atoms with E-state index in [-0.39, 0.29) is 16.8 Å². The maximum atomic E-state index is 14.3. The van der Waals surface area contributed by atoms with Crippen molar-refractivity contribution in [2.75, 3.05) is 11.4 Å². The Labute approximate surface area is 167 Å². The number of aryl methyl sites for hydroxylation is 1. The summed E-state index contributed by atoms with van der Waals surface area (Å²) in [5, 5.41) is 6.70. The molecule has 2 atom stereocenters. The summed E-state index contributed by atoms with van der Waals surface area (Å²) in [5.74, 6) is -0.693. The Balaban J connectivity index is 1.79. The number of pyridine rings is 1. The monoisotopic (exact) mass is 384 g/mol. The summed E-state index contributed by atoms with van der Waals surface area (Å²) in [6.07, 6.45) is 0.107. The van der Waals surface area contributed by atoms with Crippen molar-refractivity contribution in [2.24, 2.45) is 0 Å². The van der Waals surface area contributed by atoms with Crippen LogP contribution < -0.4 is 10.2 Å². The maximum absolute atomic E-state index is 14.3. The SMILES string of the molecule is [2H]C1([2H])c2ncc(F)cc2C2CCCN2c2ccn3ncc(c3n2)C(=O)N[C@H](C)C1([2H])[2H]. The first kappa shape index (κ1) is 13.2. The lowest BCUT2D eigenvalue weighted by molar-refractivity contribution is 0.0940. The zero-order valence-corrected chi connectivity index (χ0v) is 15.2. The number of aromatic nitrogens is 4. The lowest BCUT2D eigenvalue weighted by Gasteiger charge is -2.27. The molecule has 28 heavy (non-hydrogen) atoms. The van der Waals surface area contributed by atoms with Crippen molar-refractivity contribution >= 4 is 17.4 Å². The molecule has 0 spiro atoms. The van der Waals surface area contributed by atoms with Gasteiger partial charge in [0.2, 0.25) is 0 Å². The first-order valence-corrected chi connectivity index (χ1v) is 9.19.